The van der Waals surface area contributed by atoms with Crippen molar-refractivity contribution in [1.82, 2.24) is 5.32 Å². The molecule has 1 aromatic rings. The van der Waals surface area contributed by atoms with Crippen molar-refractivity contribution in [3.63, 3.8) is 0 Å². The zero-order chi connectivity index (χ0) is 13.0. The average molecular weight is 259 g/mol. The standard InChI is InChI=1S/C10H11ClN2O4/c1-6(10(14)12-2)17-7-3-4-9(13(15)16)8(11)5-7/h3-6H,1-2H3,(H,12,14). The lowest BCUT2D eigenvalue weighted by Gasteiger charge is -2.13. The molecule has 0 heterocycles. The minimum Gasteiger partial charge on any atom is -0.481 e. The Bertz CT molecular complexity index is 450. The third-order valence-electron chi connectivity index (χ3n) is 2.04. The predicted molar refractivity (Wildman–Crippen MR) is 62.3 cm³/mol. The van der Waals surface area contributed by atoms with Gasteiger partial charge in [0.2, 0.25) is 0 Å². The van der Waals surface area contributed by atoms with E-state index in [0.717, 1.165) is 0 Å². The van der Waals surface area contributed by atoms with Gasteiger partial charge in [-0.3, -0.25) is 14.9 Å². The maximum Gasteiger partial charge on any atom is 0.288 e. The quantitative estimate of drug-likeness (QED) is 0.659. The molecule has 0 aliphatic rings. The van der Waals surface area contributed by atoms with Crippen LogP contribution in [0.5, 0.6) is 5.75 Å². The van der Waals surface area contributed by atoms with E-state index in [1.807, 2.05) is 0 Å². The van der Waals surface area contributed by atoms with Crippen LogP contribution in [0, 0.1) is 10.1 Å². The Hall–Kier alpha value is -1.82. The van der Waals surface area contributed by atoms with Gasteiger partial charge in [-0.25, -0.2) is 0 Å². The second-order valence-corrected chi connectivity index (χ2v) is 3.65. The topological polar surface area (TPSA) is 81.5 Å². The lowest BCUT2D eigenvalue weighted by molar-refractivity contribution is -0.384. The fraction of sp³-hybridized carbons (Fsp3) is 0.300. The number of benzene rings is 1. The van der Waals surface area contributed by atoms with Gasteiger partial charge in [0.25, 0.3) is 11.6 Å². The summed E-state index contributed by atoms with van der Waals surface area (Å²) in [4.78, 5) is 21.1. The third kappa shape index (κ3) is 3.32. The zero-order valence-corrected chi connectivity index (χ0v) is 10.0. The van der Waals surface area contributed by atoms with Crippen molar-refractivity contribution in [3.8, 4) is 5.75 Å². The number of nitrogens with zero attached hydrogens (tertiary/aromatic N) is 1. The number of nitro benzene ring substituents is 1. The van der Waals surface area contributed by atoms with Crippen LogP contribution in [0.3, 0.4) is 0 Å². The predicted octanol–water partition coefficient (Wildman–Crippen LogP) is 1.76. The molecule has 0 aliphatic heterocycles. The molecular weight excluding hydrogens is 248 g/mol. The first-order valence-electron chi connectivity index (χ1n) is 4.78. The first-order valence-corrected chi connectivity index (χ1v) is 5.15. The third-order valence-corrected chi connectivity index (χ3v) is 2.35. The van der Waals surface area contributed by atoms with E-state index in [2.05, 4.69) is 5.32 Å². The Morgan fingerprint density at radius 1 is 1.59 bits per heavy atom. The van der Waals surface area contributed by atoms with Gasteiger partial charge in [0, 0.05) is 19.2 Å². The second kappa shape index (κ2) is 5.49. The van der Waals surface area contributed by atoms with Crippen molar-refractivity contribution < 1.29 is 14.5 Å². The minimum atomic E-state index is -0.697. The number of rotatable bonds is 4. The molecule has 7 heteroatoms. The van der Waals surface area contributed by atoms with Crippen molar-refractivity contribution in [3.05, 3.63) is 33.3 Å². The number of carbonyl (C=O) groups is 1. The summed E-state index contributed by atoms with van der Waals surface area (Å²) in [5, 5.41) is 12.9. The highest BCUT2D eigenvalue weighted by molar-refractivity contribution is 6.32. The molecule has 0 spiro atoms. The van der Waals surface area contributed by atoms with Gasteiger partial charge < -0.3 is 10.1 Å². The number of amides is 1. The summed E-state index contributed by atoms with van der Waals surface area (Å²) in [5.41, 5.74) is -0.202. The molecule has 0 aromatic heterocycles. The first-order chi connectivity index (χ1) is 7.95. The fourth-order valence-corrected chi connectivity index (χ4v) is 1.41. The molecule has 0 aliphatic carbocycles. The maximum atomic E-state index is 11.2. The van der Waals surface area contributed by atoms with E-state index in [-0.39, 0.29) is 16.6 Å². The highest BCUT2D eigenvalue weighted by Crippen LogP contribution is 2.28. The summed E-state index contributed by atoms with van der Waals surface area (Å²) in [6.07, 6.45) is -0.697. The number of likely N-dealkylation sites (N-methyl/N-ethyl adjacent to an activating group) is 1. The van der Waals surface area contributed by atoms with Crippen LogP contribution in [0.1, 0.15) is 6.92 Å². The smallest absolute Gasteiger partial charge is 0.288 e. The van der Waals surface area contributed by atoms with Crippen LogP contribution in [0.15, 0.2) is 18.2 Å². The number of nitrogens with one attached hydrogen (secondary N) is 1. The van der Waals surface area contributed by atoms with Crippen LogP contribution in [0.25, 0.3) is 0 Å². The lowest BCUT2D eigenvalue weighted by atomic mass is 10.3. The summed E-state index contributed by atoms with van der Waals surface area (Å²) in [6, 6.07) is 3.93. The summed E-state index contributed by atoms with van der Waals surface area (Å²) in [6.45, 7) is 1.56. The maximum absolute atomic E-state index is 11.2. The van der Waals surface area contributed by atoms with Crippen LogP contribution < -0.4 is 10.1 Å². The van der Waals surface area contributed by atoms with Crippen molar-refractivity contribution in [1.29, 1.82) is 0 Å². The zero-order valence-electron chi connectivity index (χ0n) is 9.27. The van der Waals surface area contributed by atoms with Crippen molar-refractivity contribution in [2.75, 3.05) is 7.05 Å². The molecular formula is C10H11ClN2O4. The van der Waals surface area contributed by atoms with Gasteiger partial charge in [-0.1, -0.05) is 11.6 Å². The van der Waals surface area contributed by atoms with Crippen molar-refractivity contribution >= 4 is 23.2 Å². The lowest BCUT2D eigenvalue weighted by Crippen LogP contribution is -2.33. The Morgan fingerprint density at radius 3 is 2.71 bits per heavy atom. The number of halogens is 1. The summed E-state index contributed by atoms with van der Waals surface area (Å²) < 4.78 is 5.26. The monoisotopic (exact) mass is 258 g/mol. The van der Waals surface area contributed by atoms with Crippen LogP contribution in [-0.4, -0.2) is 24.0 Å². The molecule has 0 radical (unpaired) electrons. The van der Waals surface area contributed by atoms with Crippen LogP contribution in [0.2, 0.25) is 5.02 Å². The van der Waals surface area contributed by atoms with E-state index in [9.17, 15) is 14.9 Å². The molecule has 0 saturated heterocycles. The molecule has 0 saturated carbocycles. The van der Waals surface area contributed by atoms with Gasteiger partial charge in [-0.15, -0.1) is 0 Å². The second-order valence-electron chi connectivity index (χ2n) is 3.24. The molecule has 1 atom stereocenters. The molecule has 1 N–H and O–H groups in total. The van der Waals surface area contributed by atoms with Crippen molar-refractivity contribution in [2.24, 2.45) is 0 Å². The molecule has 92 valence electrons. The largest absolute Gasteiger partial charge is 0.481 e. The van der Waals surface area contributed by atoms with E-state index >= 15 is 0 Å². The van der Waals surface area contributed by atoms with Crippen LogP contribution in [-0.2, 0) is 4.79 Å². The average Bonchev–Trinajstić information content (AvgIpc) is 2.27. The van der Waals surface area contributed by atoms with Gasteiger partial charge in [0.1, 0.15) is 10.8 Å². The molecule has 17 heavy (non-hydrogen) atoms. The minimum absolute atomic E-state index is 0.0309. The molecule has 1 rings (SSSR count). The van der Waals surface area contributed by atoms with Gasteiger partial charge in [0.15, 0.2) is 6.10 Å². The summed E-state index contributed by atoms with van der Waals surface area (Å²) in [7, 11) is 1.49. The van der Waals surface area contributed by atoms with Gasteiger partial charge in [-0.05, 0) is 13.0 Å². The Kier molecular flexibility index (Phi) is 4.28. The Labute approximate surface area is 103 Å². The molecule has 1 aromatic carbocycles. The number of hydrogen-bond acceptors (Lipinski definition) is 4. The summed E-state index contributed by atoms with van der Waals surface area (Å²) >= 11 is 5.70. The molecule has 0 bridgehead atoms. The molecule has 1 amide bonds. The van der Waals surface area contributed by atoms with E-state index in [1.54, 1.807) is 6.92 Å². The molecule has 1 unspecified atom stereocenters. The molecule has 6 nitrogen and oxygen atoms in total. The number of hydrogen-bond donors (Lipinski definition) is 1. The molecule has 0 fully saturated rings. The highest BCUT2D eigenvalue weighted by Gasteiger charge is 2.16. The van der Waals surface area contributed by atoms with Crippen LogP contribution >= 0.6 is 11.6 Å². The Morgan fingerprint density at radius 2 is 2.24 bits per heavy atom. The SMILES string of the molecule is CNC(=O)C(C)Oc1ccc([N+](=O)[O-])c(Cl)c1. The van der Waals surface area contributed by atoms with Crippen molar-refractivity contribution in [2.45, 2.75) is 13.0 Å². The van der Waals surface area contributed by atoms with E-state index in [0.29, 0.717) is 5.75 Å². The van der Waals surface area contributed by atoms with Crippen LogP contribution in [0.4, 0.5) is 5.69 Å². The number of ether oxygens (including phenoxy) is 1. The van der Waals surface area contributed by atoms with Gasteiger partial charge >= 0.3 is 0 Å². The number of carbonyl (C=O) groups excluding carboxylic acids is 1. The first kappa shape index (κ1) is 13.2. The fourth-order valence-electron chi connectivity index (χ4n) is 1.17. The normalized spacial score (nSPS) is 11.7. The highest BCUT2D eigenvalue weighted by atomic mass is 35.5. The van der Waals surface area contributed by atoms with E-state index < -0.39 is 11.0 Å². The summed E-state index contributed by atoms with van der Waals surface area (Å²) in [5.74, 6) is 0.0103. The van der Waals surface area contributed by atoms with E-state index in [4.69, 9.17) is 16.3 Å². The Balaban J connectivity index is 2.84. The van der Waals surface area contributed by atoms with Gasteiger partial charge in [-0.2, -0.15) is 0 Å². The van der Waals surface area contributed by atoms with Gasteiger partial charge in [0.05, 0.1) is 4.92 Å². The number of nitro groups is 1. The van der Waals surface area contributed by atoms with E-state index in [1.165, 1.54) is 25.2 Å².